The summed E-state index contributed by atoms with van der Waals surface area (Å²) in [5.74, 6) is -1.00. The van der Waals surface area contributed by atoms with Gasteiger partial charge in [-0.05, 0) is 40.8 Å². The number of rotatable bonds is 2. The number of aromatic carboxylic acids is 1. The van der Waals surface area contributed by atoms with Gasteiger partial charge < -0.3 is 5.11 Å². The minimum absolute atomic E-state index is 0.170. The summed E-state index contributed by atoms with van der Waals surface area (Å²) in [4.78, 5) is 11.0. The summed E-state index contributed by atoms with van der Waals surface area (Å²) in [5, 5.41) is 13.6. The number of carboxylic acids is 1. The SMILES string of the molecule is O=C(O)c1ccc(Cl)cc1-n1cc(I)cn1. The molecule has 0 saturated carbocycles. The summed E-state index contributed by atoms with van der Waals surface area (Å²) in [7, 11) is 0. The van der Waals surface area contributed by atoms with Crippen LogP contribution in [-0.4, -0.2) is 20.9 Å². The van der Waals surface area contributed by atoms with Crippen molar-refractivity contribution in [3.63, 3.8) is 0 Å². The lowest BCUT2D eigenvalue weighted by molar-refractivity contribution is 0.0697. The first-order valence-electron chi connectivity index (χ1n) is 4.31. The van der Waals surface area contributed by atoms with Gasteiger partial charge in [-0.25, -0.2) is 9.48 Å². The van der Waals surface area contributed by atoms with E-state index in [-0.39, 0.29) is 5.56 Å². The van der Waals surface area contributed by atoms with Gasteiger partial charge in [-0.2, -0.15) is 5.10 Å². The Morgan fingerprint density at radius 3 is 2.81 bits per heavy atom. The van der Waals surface area contributed by atoms with Crippen LogP contribution in [0.5, 0.6) is 0 Å². The van der Waals surface area contributed by atoms with E-state index in [9.17, 15) is 4.79 Å². The Morgan fingerprint density at radius 2 is 2.25 bits per heavy atom. The van der Waals surface area contributed by atoms with Crippen LogP contribution in [0, 0.1) is 3.57 Å². The zero-order chi connectivity index (χ0) is 11.7. The Labute approximate surface area is 110 Å². The van der Waals surface area contributed by atoms with Gasteiger partial charge in [0.25, 0.3) is 0 Å². The van der Waals surface area contributed by atoms with Gasteiger partial charge in [0, 0.05) is 11.2 Å². The average Bonchev–Trinajstić information content (AvgIpc) is 2.64. The molecule has 0 bridgehead atoms. The second-order valence-corrected chi connectivity index (χ2v) is 4.75. The fourth-order valence-electron chi connectivity index (χ4n) is 1.31. The highest BCUT2D eigenvalue weighted by atomic mass is 127. The van der Waals surface area contributed by atoms with Crippen LogP contribution in [0.4, 0.5) is 0 Å². The fraction of sp³-hybridized carbons (Fsp3) is 0. The first kappa shape index (κ1) is 11.4. The van der Waals surface area contributed by atoms with Gasteiger partial charge in [-0.3, -0.25) is 0 Å². The Hall–Kier alpha value is -1.08. The molecule has 1 aromatic carbocycles. The Balaban J connectivity index is 2.62. The van der Waals surface area contributed by atoms with E-state index in [0.717, 1.165) is 3.57 Å². The zero-order valence-electron chi connectivity index (χ0n) is 7.89. The number of carbonyl (C=O) groups is 1. The monoisotopic (exact) mass is 348 g/mol. The lowest BCUT2D eigenvalue weighted by Crippen LogP contribution is -2.05. The molecular formula is C10H6ClIN2O2. The maximum atomic E-state index is 11.0. The molecule has 1 N–H and O–H groups in total. The van der Waals surface area contributed by atoms with E-state index in [2.05, 4.69) is 27.7 Å². The molecule has 0 aliphatic heterocycles. The summed E-state index contributed by atoms with van der Waals surface area (Å²) >= 11 is 7.94. The van der Waals surface area contributed by atoms with Crippen LogP contribution in [0.15, 0.2) is 30.6 Å². The molecule has 1 aromatic heterocycles. The molecule has 6 heteroatoms. The normalized spacial score (nSPS) is 10.4. The predicted molar refractivity (Wildman–Crippen MR) is 68.3 cm³/mol. The van der Waals surface area contributed by atoms with Crippen LogP contribution in [0.3, 0.4) is 0 Å². The van der Waals surface area contributed by atoms with Gasteiger partial charge in [-0.1, -0.05) is 11.6 Å². The van der Waals surface area contributed by atoms with Crippen molar-refractivity contribution in [2.45, 2.75) is 0 Å². The number of nitrogens with zero attached hydrogens (tertiary/aromatic N) is 2. The molecule has 2 rings (SSSR count). The van der Waals surface area contributed by atoms with Gasteiger partial charge in [0.1, 0.15) is 0 Å². The van der Waals surface area contributed by atoms with E-state index in [1.54, 1.807) is 24.5 Å². The lowest BCUT2D eigenvalue weighted by atomic mass is 10.2. The van der Waals surface area contributed by atoms with E-state index < -0.39 is 5.97 Å². The predicted octanol–water partition coefficient (Wildman–Crippen LogP) is 2.83. The quantitative estimate of drug-likeness (QED) is 0.849. The molecule has 16 heavy (non-hydrogen) atoms. The Bertz CT molecular complexity index is 554. The standard InChI is InChI=1S/C10H6ClIN2O2/c11-6-1-2-8(10(15)16)9(3-6)14-5-7(12)4-13-14/h1-5H,(H,15,16). The number of hydrogen-bond donors (Lipinski definition) is 1. The second kappa shape index (κ2) is 4.42. The highest BCUT2D eigenvalue weighted by Crippen LogP contribution is 2.20. The molecule has 4 nitrogen and oxygen atoms in total. The second-order valence-electron chi connectivity index (χ2n) is 3.07. The number of halogens is 2. The fourth-order valence-corrected chi connectivity index (χ4v) is 1.86. The van der Waals surface area contributed by atoms with Crippen molar-refractivity contribution < 1.29 is 9.90 Å². The lowest BCUT2D eigenvalue weighted by Gasteiger charge is -2.06. The number of hydrogen-bond acceptors (Lipinski definition) is 2. The van der Waals surface area contributed by atoms with Gasteiger partial charge in [0.05, 0.1) is 21.0 Å². The topological polar surface area (TPSA) is 55.1 Å². The summed E-state index contributed by atoms with van der Waals surface area (Å²) < 4.78 is 2.42. The molecule has 0 amide bonds. The number of aromatic nitrogens is 2. The molecular weight excluding hydrogens is 342 g/mol. The molecule has 0 atom stereocenters. The third-order valence-corrected chi connectivity index (χ3v) is 2.78. The smallest absolute Gasteiger partial charge is 0.337 e. The van der Waals surface area contributed by atoms with Crippen LogP contribution in [-0.2, 0) is 0 Å². The highest BCUT2D eigenvalue weighted by molar-refractivity contribution is 14.1. The summed E-state index contributed by atoms with van der Waals surface area (Å²) in [6, 6.07) is 4.59. The van der Waals surface area contributed by atoms with Gasteiger partial charge in [-0.15, -0.1) is 0 Å². The molecule has 0 aliphatic carbocycles. The van der Waals surface area contributed by atoms with Crippen molar-refractivity contribution in [3.05, 3.63) is 44.7 Å². The minimum Gasteiger partial charge on any atom is -0.478 e. The summed E-state index contributed by atoms with van der Waals surface area (Å²) in [6.45, 7) is 0. The molecule has 82 valence electrons. The molecule has 1 heterocycles. The molecule has 0 spiro atoms. The van der Waals surface area contributed by atoms with Gasteiger partial charge >= 0.3 is 5.97 Å². The Kier molecular flexibility index (Phi) is 3.15. The molecule has 2 aromatic rings. The first-order chi connectivity index (χ1) is 7.58. The number of benzene rings is 1. The van der Waals surface area contributed by atoms with Crippen LogP contribution >= 0.6 is 34.2 Å². The van der Waals surface area contributed by atoms with Crippen molar-refractivity contribution in [2.75, 3.05) is 0 Å². The largest absolute Gasteiger partial charge is 0.478 e. The van der Waals surface area contributed by atoms with Crippen LogP contribution in [0.25, 0.3) is 5.69 Å². The van der Waals surface area contributed by atoms with E-state index in [1.807, 2.05) is 0 Å². The van der Waals surface area contributed by atoms with Crippen molar-refractivity contribution >= 4 is 40.2 Å². The Morgan fingerprint density at radius 1 is 1.50 bits per heavy atom. The minimum atomic E-state index is -1.00. The molecule has 0 saturated heterocycles. The van der Waals surface area contributed by atoms with E-state index in [1.165, 1.54) is 10.7 Å². The number of carboxylic acid groups (broad SMARTS) is 1. The molecule has 0 unspecified atom stereocenters. The first-order valence-corrected chi connectivity index (χ1v) is 5.77. The maximum absolute atomic E-state index is 11.0. The van der Waals surface area contributed by atoms with Crippen molar-refractivity contribution in [2.24, 2.45) is 0 Å². The molecule has 0 aliphatic rings. The van der Waals surface area contributed by atoms with E-state index in [4.69, 9.17) is 16.7 Å². The zero-order valence-corrected chi connectivity index (χ0v) is 10.8. The highest BCUT2D eigenvalue weighted by Gasteiger charge is 2.12. The van der Waals surface area contributed by atoms with Gasteiger partial charge in [0.15, 0.2) is 0 Å². The van der Waals surface area contributed by atoms with Gasteiger partial charge in [0.2, 0.25) is 0 Å². The van der Waals surface area contributed by atoms with Crippen LogP contribution in [0.2, 0.25) is 5.02 Å². The average molecular weight is 349 g/mol. The van der Waals surface area contributed by atoms with Crippen molar-refractivity contribution in [3.8, 4) is 5.69 Å². The van der Waals surface area contributed by atoms with Crippen molar-refractivity contribution in [1.29, 1.82) is 0 Å². The van der Waals surface area contributed by atoms with Crippen LogP contribution < -0.4 is 0 Å². The van der Waals surface area contributed by atoms with E-state index in [0.29, 0.717) is 10.7 Å². The summed E-state index contributed by atoms with van der Waals surface area (Å²) in [6.07, 6.45) is 3.38. The third-order valence-electron chi connectivity index (χ3n) is 1.99. The van der Waals surface area contributed by atoms with Crippen LogP contribution in [0.1, 0.15) is 10.4 Å². The molecule has 0 fully saturated rings. The third kappa shape index (κ3) is 2.19. The summed E-state index contributed by atoms with van der Waals surface area (Å²) in [5.41, 5.74) is 0.631. The maximum Gasteiger partial charge on any atom is 0.337 e. The van der Waals surface area contributed by atoms with E-state index >= 15 is 0 Å². The van der Waals surface area contributed by atoms with Crippen molar-refractivity contribution in [1.82, 2.24) is 9.78 Å². The molecule has 0 radical (unpaired) electrons.